The molecule has 3 aromatic rings. The second kappa shape index (κ2) is 17.3. The van der Waals surface area contributed by atoms with Gasteiger partial charge < -0.3 is 21.9 Å². The Hall–Kier alpha value is -4.26. The first-order chi connectivity index (χ1) is 16.3. The van der Waals surface area contributed by atoms with E-state index in [1.54, 1.807) is 13.2 Å². The Bertz CT molecular complexity index is 1050. The minimum absolute atomic E-state index is 0.0897. The van der Waals surface area contributed by atoms with Crippen LogP contribution in [0.5, 0.6) is 0 Å². The van der Waals surface area contributed by atoms with Crippen LogP contribution in [-0.2, 0) is 16.0 Å². The lowest BCUT2D eigenvalue weighted by atomic mass is 9.91. The Labute approximate surface area is 200 Å². The predicted octanol–water partition coefficient (Wildman–Crippen LogP) is 2.72. The van der Waals surface area contributed by atoms with Crippen molar-refractivity contribution in [3.05, 3.63) is 47.3 Å². The van der Waals surface area contributed by atoms with Gasteiger partial charge in [0.05, 0.1) is 11.9 Å². The van der Waals surface area contributed by atoms with Crippen molar-refractivity contribution >= 4 is 35.8 Å². The molecule has 1 aromatic carbocycles. The van der Waals surface area contributed by atoms with Crippen LogP contribution in [0.4, 0.5) is 11.8 Å². The van der Waals surface area contributed by atoms with Crippen molar-refractivity contribution in [1.29, 1.82) is 0 Å². The summed E-state index contributed by atoms with van der Waals surface area (Å²) >= 11 is 0. The fourth-order valence-corrected chi connectivity index (χ4v) is 2.62. The molecule has 10 nitrogen and oxygen atoms in total. The van der Waals surface area contributed by atoms with Gasteiger partial charge in [-0.2, -0.15) is 9.97 Å². The molecule has 3 rings (SSSR count). The highest BCUT2D eigenvalue weighted by atomic mass is 16.3. The molecule has 0 aliphatic carbocycles. The normalized spacial score (nSPS) is 9.97. The summed E-state index contributed by atoms with van der Waals surface area (Å²) in [5, 5.41) is 9.14. The summed E-state index contributed by atoms with van der Waals surface area (Å²) in [6, 6.07) is 8.37. The van der Waals surface area contributed by atoms with E-state index in [1.165, 1.54) is 17.5 Å². The van der Waals surface area contributed by atoms with Crippen LogP contribution >= 0.6 is 0 Å². The number of hydrogen-bond acceptors (Lipinski definition) is 8. The number of hydrogen-bond donors (Lipinski definition) is 4. The number of carbonyl (C=O) groups excluding carboxylic acids is 1. The predicted molar refractivity (Wildman–Crippen MR) is 135 cm³/mol. The smallest absolute Gasteiger partial charge is 0.290 e. The quantitative estimate of drug-likeness (QED) is 0.325. The van der Waals surface area contributed by atoms with E-state index in [0.29, 0.717) is 30.4 Å². The minimum Gasteiger partial charge on any atom is -0.483 e. The third-order valence-electron chi connectivity index (χ3n) is 3.99. The molecule has 0 aliphatic heterocycles. The van der Waals surface area contributed by atoms with Gasteiger partial charge in [-0.15, -0.1) is 12.3 Å². The number of carbonyl (C=O) groups is 2. The monoisotopic (exact) mass is 467 g/mol. The molecule has 0 fully saturated rings. The number of benzene rings is 1. The number of anilines is 2. The van der Waals surface area contributed by atoms with Crippen LogP contribution in [0, 0.1) is 19.3 Å². The summed E-state index contributed by atoms with van der Waals surface area (Å²) in [6.45, 7) is 6.06. The van der Waals surface area contributed by atoms with Crippen molar-refractivity contribution in [2.75, 3.05) is 18.5 Å². The summed E-state index contributed by atoms with van der Waals surface area (Å²) in [6.07, 6.45) is 10.4. The largest absolute Gasteiger partial charge is 0.483 e. The number of aryl methyl sites for hydroxylation is 1. The molecular weight excluding hydrogens is 434 g/mol. The van der Waals surface area contributed by atoms with Crippen molar-refractivity contribution in [3.63, 3.8) is 0 Å². The lowest BCUT2D eigenvalue weighted by molar-refractivity contribution is -0.122. The van der Waals surface area contributed by atoms with E-state index < -0.39 is 0 Å². The van der Waals surface area contributed by atoms with Crippen LogP contribution in [0.25, 0.3) is 11.2 Å². The molecule has 2 heterocycles. The van der Waals surface area contributed by atoms with Gasteiger partial charge in [-0.1, -0.05) is 50.1 Å². The molecule has 1 atom stereocenters. The van der Waals surface area contributed by atoms with Crippen molar-refractivity contribution in [2.45, 2.75) is 46.0 Å². The Balaban J connectivity index is 0.000000934. The lowest BCUT2D eigenvalue weighted by Crippen LogP contribution is -2.07. The zero-order chi connectivity index (χ0) is 25.9. The van der Waals surface area contributed by atoms with Crippen molar-refractivity contribution in [1.82, 2.24) is 25.3 Å². The molecule has 0 aliphatic rings. The minimum atomic E-state index is -0.250. The average molecular weight is 468 g/mol. The number of nitrogens with one attached hydrogen (secondary N) is 1. The Morgan fingerprint density at radius 1 is 1.15 bits per heavy atom. The number of rotatable bonds is 5. The molecule has 2 aromatic heterocycles. The molecule has 0 spiro atoms. The van der Waals surface area contributed by atoms with Gasteiger partial charge in [0.25, 0.3) is 6.47 Å². The standard InChI is InChI=1S/C18H18N6.C3H8.C2H5NO.CH2O2/c1-3-4-13(12-7-5-11(2)6-8-12)9-14-10-21-17-15(22-14)16(19)23-18(20)24-17;1-3-2;1-3-2-4;2-1-3/h1,5-8,10,13H,4,9H2,2H3,(H4,19,20,21,23,24);3H2,1-2H3;2H,1H3,(H,3,4);1H,(H,2,3). The molecule has 10 heteroatoms. The van der Waals surface area contributed by atoms with Gasteiger partial charge in [0.2, 0.25) is 12.4 Å². The highest BCUT2D eigenvalue weighted by molar-refractivity contribution is 5.81. The van der Waals surface area contributed by atoms with E-state index in [9.17, 15) is 0 Å². The summed E-state index contributed by atoms with van der Waals surface area (Å²) in [7, 11) is 1.56. The fourth-order valence-electron chi connectivity index (χ4n) is 2.62. The average Bonchev–Trinajstić information content (AvgIpc) is 2.81. The maximum Gasteiger partial charge on any atom is 0.290 e. The van der Waals surface area contributed by atoms with Crippen LogP contribution in [-0.4, -0.2) is 45.0 Å². The zero-order valence-corrected chi connectivity index (χ0v) is 20.0. The first-order valence-corrected chi connectivity index (χ1v) is 10.5. The number of carboxylic acid groups (broad SMARTS) is 1. The maximum atomic E-state index is 9.06. The molecule has 34 heavy (non-hydrogen) atoms. The molecule has 1 unspecified atom stereocenters. The Morgan fingerprint density at radius 2 is 1.71 bits per heavy atom. The summed E-state index contributed by atoms with van der Waals surface area (Å²) < 4.78 is 0. The highest BCUT2D eigenvalue weighted by Crippen LogP contribution is 2.25. The third-order valence-corrected chi connectivity index (χ3v) is 3.99. The van der Waals surface area contributed by atoms with Crippen molar-refractivity contribution in [3.8, 4) is 12.3 Å². The first kappa shape index (κ1) is 29.7. The van der Waals surface area contributed by atoms with Crippen LogP contribution in [0.1, 0.15) is 49.4 Å². The third kappa shape index (κ3) is 10.9. The van der Waals surface area contributed by atoms with Gasteiger partial charge in [0.15, 0.2) is 17.0 Å². The molecule has 0 saturated heterocycles. The zero-order valence-electron chi connectivity index (χ0n) is 20.0. The van der Waals surface area contributed by atoms with Crippen LogP contribution in [0.2, 0.25) is 0 Å². The van der Waals surface area contributed by atoms with Crippen molar-refractivity contribution in [2.24, 2.45) is 0 Å². The number of aromatic nitrogens is 4. The topological polar surface area (TPSA) is 170 Å². The number of nitrogens with two attached hydrogens (primary N) is 2. The van der Waals surface area contributed by atoms with Crippen molar-refractivity contribution < 1.29 is 14.7 Å². The molecule has 182 valence electrons. The van der Waals surface area contributed by atoms with Gasteiger partial charge in [-0.05, 0) is 18.9 Å². The fraction of sp³-hybridized carbons (Fsp3) is 0.333. The van der Waals surface area contributed by atoms with Gasteiger partial charge in [0, 0.05) is 19.4 Å². The van der Waals surface area contributed by atoms with E-state index in [-0.39, 0.29) is 24.2 Å². The Kier molecular flexibility index (Phi) is 15.1. The van der Waals surface area contributed by atoms with E-state index >= 15 is 0 Å². The van der Waals surface area contributed by atoms with Gasteiger partial charge in [0.1, 0.15) is 0 Å². The van der Waals surface area contributed by atoms with Crippen LogP contribution < -0.4 is 16.8 Å². The Morgan fingerprint density at radius 3 is 2.21 bits per heavy atom. The summed E-state index contributed by atoms with van der Waals surface area (Å²) in [4.78, 5) is 34.2. The van der Waals surface area contributed by atoms with E-state index in [2.05, 4.69) is 76.2 Å². The maximum absolute atomic E-state index is 9.06. The number of fused-ring (bicyclic) bond motifs is 1. The van der Waals surface area contributed by atoms with Gasteiger partial charge in [-0.3, -0.25) is 9.59 Å². The second-order valence-electron chi connectivity index (χ2n) is 6.94. The molecular formula is C24H33N7O3. The summed E-state index contributed by atoms with van der Waals surface area (Å²) in [5.74, 6) is 3.23. The number of nitrogen functional groups attached to an aromatic ring is 2. The molecule has 0 bridgehead atoms. The van der Waals surface area contributed by atoms with E-state index in [4.69, 9.17) is 32.6 Å². The molecule has 1 amide bonds. The van der Waals surface area contributed by atoms with Gasteiger partial charge in [-0.25, -0.2) is 9.97 Å². The SMILES string of the molecule is C#CCC(Cc1cnc2nc(N)nc(N)c2n1)c1ccc(C)cc1.CCC.CNC=O.O=CO. The number of amides is 1. The molecule has 6 N–H and O–H groups in total. The number of nitrogens with zero attached hydrogens (tertiary/aromatic N) is 4. The van der Waals surface area contributed by atoms with E-state index in [0.717, 1.165) is 5.69 Å². The van der Waals surface area contributed by atoms with Crippen LogP contribution in [0.3, 0.4) is 0 Å². The van der Waals surface area contributed by atoms with E-state index in [1.807, 2.05) is 0 Å². The lowest BCUT2D eigenvalue weighted by Gasteiger charge is -2.15. The molecule has 0 radical (unpaired) electrons. The second-order valence-corrected chi connectivity index (χ2v) is 6.94. The summed E-state index contributed by atoms with van der Waals surface area (Å²) in [5.41, 5.74) is 15.5. The first-order valence-electron chi connectivity index (χ1n) is 10.5. The molecule has 0 saturated carbocycles. The van der Waals surface area contributed by atoms with Crippen LogP contribution in [0.15, 0.2) is 30.5 Å². The van der Waals surface area contributed by atoms with Gasteiger partial charge >= 0.3 is 0 Å². The number of terminal acetylenes is 1. The highest BCUT2D eigenvalue weighted by Gasteiger charge is 2.14.